The minimum absolute atomic E-state index is 0.126. The average Bonchev–Trinajstić information content (AvgIpc) is 2.63. The van der Waals surface area contributed by atoms with Crippen molar-refractivity contribution in [3.05, 3.63) is 56.5 Å². The van der Waals surface area contributed by atoms with Gasteiger partial charge in [0, 0.05) is 18.8 Å². The number of nitrogens with zero attached hydrogens (tertiary/aromatic N) is 2. The first-order chi connectivity index (χ1) is 12.9. The number of hydrogen-bond acceptors (Lipinski definition) is 4. The van der Waals surface area contributed by atoms with Crippen LogP contribution in [0.3, 0.4) is 0 Å². The van der Waals surface area contributed by atoms with Crippen LogP contribution in [0.5, 0.6) is 5.75 Å². The van der Waals surface area contributed by atoms with Gasteiger partial charge in [0.2, 0.25) is 0 Å². The smallest absolute Gasteiger partial charge is 0.277 e. The molecule has 7 heteroatoms. The number of halogens is 2. The zero-order valence-electron chi connectivity index (χ0n) is 15.6. The fourth-order valence-electron chi connectivity index (χ4n) is 2.53. The normalized spacial score (nSPS) is 10.9. The molecule has 0 heterocycles. The SMILES string of the molecule is CCN(CC)c1ccc(C=NNC(=O)COc2c(Br)cc(C)cc2Br)cc1. The molecular weight excluding hydrogens is 474 g/mol. The minimum atomic E-state index is -0.328. The molecule has 0 aromatic heterocycles. The molecule has 0 unspecified atom stereocenters. The minimum Gasteiger partial charge on any atom is -0.481 e. The van der Waals surface area contributed by atoms with E-state index >= 15 is 0 Å². The molecule has 0 spiro atoms. The maximum absolute atomic E-state index is 11.9. The molecule has 1 amide bonds. The number of carbonyl (C=O) groups excluding carboxylic acids is 1. The maximum atomic E-state index is 11.9. The van der Waals surface area contributed by atoms with E-state index in [1.807, 2.05) is 43.3 Å². The van der Waals surface area contributed by atoms with E-state index in [1.165, 1.54) is 5.69 Å². The van der Waals surface area contributed by atoms with Gasteiger partial charge in [-0.05, 0) is 88.0 Å². The number of aryl methyl sites for hydroxylation is 1. The number of anilines is 1. The predicted molar refractivity (Wildman–Crippen MR) is 118 cm³/mol. The highest BCUT2D eigenvalue weighted by molar-refractivity contribution is 9.11. The zero-order chi connectivity index (χ0) is 19.8. The third-order valence-corrected chi connectivity index (χ3v) is 5.09. The third-order valence-electron chi connectivity index (χ3n) is 3.91. The summed E-state index contributed by atoms with van der Waals surface area (Å²) in [5, 5.41) is 3.99. The van der Waals surface area contributed by atoms with Crippen LogP contribution in [-0.2, 0) is 4.79 Å². The Kier molecular flexibility index (Phi) is 8.31. The van der Waals surface area contributed by atoms with Gasteiger partial charge in [0.1, 0.15) is 5.75 Å². The first kappa shape index (κ1) is 21.4. The van der Waals surface area contributed by atoms with Crippen molar-refractivity contribution in [3.63, 3.8) is 0 Å². The Balaban J connectivity index is 1.86. The fraction of sp³-hybridized carbons (Fsp3) is 0.300. The lowest BCUT2D eigenvalue weighted by Gasteiger charge is -2.20. The van der Waals surface area contributed by atoms with Crippen LogP contribution in [0.2, 0.25) is 0 Å². The highest BCUT2D eigenvalue weighted by Gasteiger charge is 2.10. The van der Waals surface area contributed by atoms with Crippen molar-refractivity contribution in [3.8, 4) is 5.75 Å². The molecular formula is C20H23Br2N3O2. The van der Waals surface area contributed by atoms with E-state index < -0.39 is 0 Å². The molecule has 0 aliphatic heterocycles. The van der Waals surface area contributed by atoms with Crippen LogP contribution in [0.15, 0.2) is 50.4 Å². The summed E-state index contributed by atoms with van der Waals surface area (Å²) in [6.45, 7) is 8.04. The van der Waals surface area contributed by atoms with Crippen molar-refractivity contribution in [2.45, 2.75) is 20.8 Å². The Labute approximate surface area is 177 Å². The quantitative estimate of drug-likeness (QED) is 0.418. The molecule has 0 fully saturated rings. The average molecular weight is 497 g/mol. The van der Waals surface area contributed by atoms with Gasteiger partial charge in [-0.2, -0.15) is 5.10 Å². The summed E-state index contributed by atoms with van der Waals surface area (Å²) in [6.07, 6.45) is 1.61. The van der Waals surface area contributed by atoms with Gasteiger partial charge in [0.05, 0.1) is 15.2 Å². The van der Waals surface area contributed by atoms with E-state index in [-0.39, 0.29) is 12.5 Å². The molecule has 2 aromatic rings. The van der Waals surface area contributed by atoms with Crippen LogP contribution >= 0.6 is 31.9 Å². The van der Waals surface area contributed by atoms with E-state index in [0.29, 0.717) is 5.75 Å². The molecule has 27 heavy (non-hydrogen) atoms. The monoisotopic (exact) mass is 495 g/mol. The van der Waals surface area contributed by atoms with Crippen molar-refractivity contribution in [2.24, 2.45) is 5.10 Å². The summed E-state index contributed by atoms with van der Waals surface area (Å²) < 4.78 is 7.15. The molecule has 144 valence electrons. The summed E-state index contributed by atoms with van der Waals surface area (Å²) in [5.41, 5.74) is 5.64. The molecule has 0 bridgehead atoms. The molecule has 0 saturated carbocycles. The van der Waals surface area contributed by atoms with E-state index in [0.717, 1.165) is 33.2 Å². The molecule has 0 radical (unpaired) electrons. The Hall–Kier alpha value is -1.86. The fourth-order valence-corrected chi connectivity index (χ4v) is 4.18. The van der Waals surface area contributed by atoms with Crippen LogP contribution in [0, 0.1) is 6.92 Å². The number of amides is 1. The third kappa shape index (κ3) is 6.36. The van der Waals surface area contributed by atoms with Crippen LogP contribution < -0.4 is 15.1 Å². The van der Waals surface area contributed by atoms with Crippen molar-refractivity contribution >= 4 is 49.7 Å². The van der Waals surface area contributed by atoms with Crippen molar-refractivity contribution in [2.75, 3.05) is 24.6 Å². The van der Waals surface area contributed by atoms with Gasteiger partial charge >= 0.3 is 0 Å². The van der Waals surface area contributed by atoms with Crippen LogP contribution in [0.1, 0.15) is 25.0 Å². The Morgan fingerprint density at radius 2 is 1.74 bits per heavy atom. The molecule has 2 aromatic carbocycles. The lowest BCUT2D eigenvalue weighted by atomic mass is 10.2. The molecule has 0 aliphatic carbocycles. The number of hydrazone groups is 1. The Morgan fingerprint density at radius 1 is 1.15 bits per heavy atom. The van der Waals surface area contributed by atoms with Crippen LogP contribution in [-0.4, -0.2) is 31.8 Å². The van der Waals surface area contributed by atoms with E-state index in [2.05, 4.69) is 61.1 Å². The second-order valence-electron chi connectivity index (χ2n) is 5.90. The molecule has 1 N–H and O–H groups in total. The number of nitrogens with one attached hydrogen (secondary N) is 1. The Morgan fingerprint density at radius 3 is 2.30 bits per heavy atom. The van der Waals surface area contributed by atoms with Gasteiger partial charge in [-0.3, -0.25) is 4.79 Å². The van der Waals surface area contributed by atoms with Gasteiger partial charge in [-0.25, -0.2) is 5.43 Å². The van der Waals surface area contributed by atoms with E-state index in [1.54, 1.807) is 6.21 Å². The lowest BCUT2D eigenvalue weighted by molar-refractivity contribution is -0.123. The number of carbonyl (C=O) groups is 1. The van der Waals surface area contributed by atoms with Crippen molar-refractivity contribution in [1.82, 2.24) is 5.43 Å². The molecule has 0 atom stereocenters. The predicted octanol–water partition coefficient (Wildman–Crippen LogP) is 4.90. The van der Waals surface area contributed by atoms with Gasteiger partial charge in [-0.1, -0.05) is 12.1 Å². The maximum Gasteiger partial charge on any atom is 0.277 e. The topological polar surface area (TPSA) is 53.9 Å². The largest absolute Gasteiger partial charge is 0.481 e. The zero-order valence-corrected chi connectivity index (χ0v) is 18.8. The second kappa shape index (κ2) is 10.5. The molecule has 5 nitrogen and oxygen atoms in total. The van der Waals surface area contributed by atoms with Crippen LogP contribution in [0.25, 0.3) is 0 Å². The lowest BCUT2D eigenvalue weighted by Crippen LogP contribution is -2.24. The molecule has 2 rings (SSSR count). The standard InChI is InChI=1S/C20H23Br2N3O2/c1-4-25(5-2)16-8-6-15(7-9-16)12-23-24-19(26)13-27-20-17(21)10-14(3)11-18(20)22/h6-12H,4-5,13H2,1-3H3,(H,24,26). The van der Waals surface area contributed by atoms with Crippen molar-refractivity contribution in [1.29, 1.82) is 0 Å². The summed E-state index contributed by atoms with van der Waals surface area (Å²) in [6, 6.07) is 11.9. The highest BCUT2D eigenvalue weighted by Crippen LogP contribution is 2.34. The summed E-state index contributed by atoms with van der Waals surface area (Å²) in [5.74, 6) is 0.261. The number of hydrogen-bond donors (Lipinski definition) is 1. The first-order valence-corrected chi connectivity index (χ1v) is 10.3. The number of benzene rings is 2. The second-order valence-corrected chi connectivity index (χ2v) is 7.61. The van der Waals surface area contributed by atoms with Crippen molar-refractivity contribution < 1.29 is 9.53 Å². The summed E-state index contributed by atoms with van der Waals surface area (Å²) in [7, 11) is 0. The highest BCUT2D eigenvalue weighted by atomic mass is 79.9. The number of ether oxygens (including phenoxy) is 1. The van der Waals surface area contributed by atoms with Gasteiger partial charge < -0.3 is 9.64 Å². The van der Waals surface area contributed by atoms with E-state index in [4.69, 9.17) is 4.74 Å². The molecule has 0 aliphatic rings. The van der Waals surface area contributed by atoms with Gasteiger partial charge in [0.15, 0.2) is 6.61 Å². The van der Waals surface area contributed by atoms with Crippen LogP contribution in [0.4, 0.5) is 5.69 Å². The number of rotatable bonds is 8. The summed E-state index contributed by atoms with van der Waals surface area (Å²) >= 11 is 6.88. The van der Waals surface area contributed by atoms with Gasteiger partial charge in [-0.15, -0.1) is 0 Å². The first-order valence-electron chi connectivity index (χ1n) is 8.70. The molecule has 0 saturated heterocycles. The Bertz CT molecular complexity index is 780. The van der Waals surface area contributed by atoms with E-state index in [9.17, 15) is 4.79 Å². The van der Waals surface area contributed by atoms with Gasteiger partial charge in [0.25, 0.3) is 5.91 Å². The summed E-state index contributed by atoms with van der Waals surface area (Å²) in [4.78, 5) is 14.2.